The zero-order valence-electron chi connectivity index (χ0n) is 13.0. The summed E-state index contributed by atoms with van der Waals surface area (Å²) < 4.78 is 0. The Labute approximate surface area is 148 Å². The van der Waals surface area contributed by atoms with Gasteiger partial charge in [0.15, 0.2) is 0 Å². The van der Waals surface area contributed by atoms with Crippen LogP contribution < -0.4 is 10.2 Å². The highest BCUT2D eigenvalue weighted by molar-refractivity contribution is 6.32. The summed E-state index contributed by atoms with van der Waals surface area (Å²) in [6.45, 7) is 0.268. The van der Waals surface area contributed by atoms with Crippen LogP contribution in [0.3, 0.4) is 0 Å². The SMILES string of the molecule is O=C(Nc1ccc(Cl)c([N+](=O)[O-])c1)C1CC(=O)N(c2ccccc2)C1. The van der Waals surface area contributed by atoms with Crippen LogP contribution in [0.5, 0.6) is 0 Å². The van der Waals surface area contributed by atoms with Crippen LogP contribution in [0.25, 0.3) is 0 Å². The molecule has 0 aromatic heterocycles. The van der Waals surface area contributed by atoms with E-state index in [2.05, 4.69) is 5.32 Å². The molecule has 3 rings (SSSR count). The van der Waals surface area contributed by atoms with E-state index in [-0.39, 0.29) is 41.2 Å². The predicted octanol–water partition coefficient (Wildman–Crippen LogP) is 3.24. The lowest BCUT2D eigenvalue weighted by atomic mass is 10.1. The minimum absolute atomic E-state index is 0.00528. The first kappa shape index (κ1) is 16.9. The summed E-state index contributed by atoms with van der Waals surface area (Å²) in [4.78, 5) is 36.4. The van der Waals surface area contributed by atoms with Gasteiger partial charge < -0.3 is 10.2 Å². The smallest absolute Gasteiger partial charge is 0.289 e. The van der Waals surface area contributed by atoms with E-state index in [9.17, 15) is 19.7 Å². The lowest BCUT2D eigenvalue weighted by Crippen LogP contribution is -2.28. The van der Waals surface area contributed by atoms with Crippen molar-refractivity contribution in [2.24, 2.45) is 5.92 Å². The summed E-state index contributed by atoms with van der Waals surface area (Å²) in [6, 6.07) is 13.1. The van der Waals surface area contributed by atoms with Gasteiger partial charge in [-0.15, -0.1) is 0 Å². The Balaban J connectivity index is 1.71. The van der Waals surface area contributed by atoms with E-state index in [1.165, 1.54) is 18.2 Å². The van der Waals surface area contributed by atoms with Crippen LogP contribution in [0.1, 0.15) is 6.42 Å². The van der Waals surface area contributed by atoms with Crippen molar-refractivity contribution in [1.29, 1.82) is 0 Å². The number of anilines is 2. The van der Waals surface area contributed by atoms with Gasteiger partial charge in [0.2, 0.25) is 11.8 Å². The molecule has 7 nitrogen and oxygen atoms in total. The van der Waals surface area contributed by atoms with E-state index >= 15 is 0 Å². The third-order valence-corrected chi connectivity index (χ3v) is 4.29. The van der Waals surface area contributed by atoms with Gasteiger partial charge in [-0.25, -0.2) is 0 Å². The van der Waals surface area contributed by atoms with Gasteiger partial charge >= 0.3 is 0 Å². The van der Waals surface area contributed by atoms with Crippen LogP contribution in [-0.2, 0) is 9.59 Å². The monoisotopic (exact) mass is 359 g/mol. The second kappa shape index (κ2) is 6.90. The molecule has 1 aliphatic rings. The van der Waals surface area contributed by atoms with Gasteiger partial charge in [-0.1, -0.05) is 29.8 Å². The Morgan fingerprint density at radius 2 is 1.96 bits per heavy atom. The molecule has 25 heavy (non-hydrogen) atoms. The third-order valence-electron chi connectivity index (χ3n) is 3.97. The number of hydrogen-bond acceptors (Lipinski definition) is 4. The number of hydrogen-bond donors (Lipinski definition) is 1. The highest BCUT2D eigenvalue weighted by Gasteiger charge is 2.35. The van der Waals surface area contributed by atoms with Crippen LogP contribution in [0.4, 0.5) is 17.1 Å². The van der Waals surface area contributed by atoms with Crippen molar-refractivity contribution in [3.63, 3.8) is 0 Å². The van der Waals surface area contributed by atoms with Crippen molar-refractivity contribution in [2.75, 3.05) is 16.8 Å². The zero-order valence-corrected chi connectivity index (χ0v) is 13.8. The van der Waals surface area contributed by atoms with Crippen LogP contribution >= 0.6 is 11.6 Å². The van der Waals surface area contributed by atoms with Crippen molar-refractivity contribution in [3.8, 4) is 0 Å². The molecule has 0 spiro atoms. The molecule has 2 aromatic rings. The van der Waals surface area contributed by atoms with Gasteiger partial charge in [0.25, 0.3) is 5.69 Å². The number of para-hydroxylation sites is 1. The molecule has 1 heterocycles. The number of benzene rings is 2. The van der Waals surface area contributed by atoms with Gasteiger partial charge in [0.05, 0.1) is 10.8 Å². The molecular weight excluding hydrogens is 346 g/mol. The molecule has 0 radical (unpaired) electrons. The highest BCUT2D eigenvalue weighted by atomic mass is 35.5. The molecular formula is C17H14ClN3O4. The predicted molar refractivity (Wildman–Crippen MR) is 93.6 cm³/mol. The van der Waals surface area contributed by atoms with E-state index in [0.717, 1.165) is 5.69 Å². The summed E-state index contributed by atoms with van der Waals surface area (Å²) >= 11 is 5.76. The molecule has 2 aromatic carbocycles. The van der Waals surface area contributed by atoms with E-state index in [1.54, 1.807) is 17.0 Å². The third kappa shape index (κ3) is 3.61. The topological polar surface area (TPSA) is 92.5 Å². The second-order valence-electron chi connectivity index (χ2n) is 5.65. The first-order chi connectivity index (χ1) is 12.0. The van der Waals surface area contributed by atoms with Gasteiger partial charge in [0, 0.05) is 30.4 Å². The Morgan fingerprint density at radius 1 is 1.24 bits per heavy atom. The van der Waals surface area contributed by atoms with Gasteiger partial charge in [-0.2, -0.15) is 0 Å². The molecule has 0 aliphatic carbocycles. The molecule has 8 heteroatoms. The van der Waals surface area contributed by atoms with E-state index in [0.29, 0.717) is 0 Å². The first-order valence-corrected chi connectivity index (χ1v) is 7.93. The summed E-state index contributed by atoms with van der Waals surface area (Å²) in [5, 5.41) is 13.5. The molecule has 0 bridgehead atoms. The second-order valence-corrected chi connectivity index (χ2v) is 6.06. The quantitative estimate of drug-likeness (QED) is 0.670. The normalized spacial score (nSPS) is 16.8. The zero-order chi connectivity index (χ0) is 18.0. The van der Waals surface area contributed by atoms with Crippen molar-refractivity contribution in [2.45, 2.75) is 6.42 Å². The summed E-state index contributed by atoms with van der Waals surface area (Å²) in [7, 11) is 0. The largest absolute Gasteiger partial charge is 0.326 e. The van der Waals surface area contributed by atoms with Crippen LogP contribution in [0.15, 0.2) is 48.5 Å². The number of amides is 2. The Kier molecular flexibility index (Phi) is 4.67. The molecule has 0 saturated carbocycles. The van der Waals surface area contributed by atoms with Crippen molar-refractivity contribution >= 4 is 40.5 Å². The number of halogens is 1. The van der Waals surface area contributed by atoms with E-state index < -0.39 is 10.8 Å². The van der Waals surface area contributed by atoms with Crippen LogP contribution in [0, 0.1) is 16.0 Å². The maximum Gasteiger partial charge on any atom is 0.289 e. The van der Waals surface area contributed by atoms with Crippen molar-refractivity contribution in [1.82, 2.24) is 0 Å². The standard InChI is InChI=1S/C17H14ClN3O4/c18-14-7-6-12(9-15(14)21(24)25)19-17(23)11-8-16(22)20(10-11)13-4-2-1-3-5-13/h1-7,9,11H,8,10H2,(H,19,23). The first-order valence-electron chi connectivity index (χ1n) is 7.56. The number of nitrogens with one attached hydrogen (secondary N) is 1. The van der Waals surface area contributed by atoms with E-state index in [1.807, 2.05) is 18.2 Å². The number of rotatable bonds is 4. The van der Waals surface area contributed by atoms with Gasteiger partial charge in [-0.05, 0) is 24.3 Å². The molecule has 2 amide bonds. The summed E-state index contributed by atoms with van der Waals surface area (Å²) in [5.74, 6) is -1.01. The molecule has 1 fully saturated rings. The highest BCUT2D eigenvalue weighted by Crippen LogP contribution is 2.29. The molecule has 128 valence electrons. The lowest BCUT2D eigenvalue weighted by molar-refractivity contribution is -0.384. The Bertz CT molecular complexity index is 841. The molecule has 1 N–H and O–H groups in total. The minimum atomic E-state index is -0.617. The Hall–Kier alpha value is -2.93. The Morgan fingerprint density at radius 3 is 2.64 bits per heavy atom. The lowest BCUT2D eigenvalue weighted by Gasteiger charge is -2.16. The fourth-order valence-corrected chi connectivity index (χ4v) is 2.90. The number of nitrogens with zero attached hydrogens (tertiary/aromatic N) is 2. The van der Waals surface area contributed by atoms with Crippen LogP contribution in [-0.4, -0.2) is 23.3 Å². The van der Waals surface area contributed by atoms with Crippen molar-refractivity contribution < 1.29 is 14.5 Å². The summed E-state index contributed by atoms with van der Waals surface area (Å²) in [5.41, 5.74) is 0.726. The van der Waals surface area contributed by atoms with Gasteiger partial charge in [0.1, 0.15) is 5.02 Å². The maximum absolute atomic E-state index is 12.4. The fourth-order valence-electron chi connectivity index (χ4n) is 2.72. The summed E-state index contributed by atoms with van der Waals surface area (Å²) in [6.07, 6.45) is 0.0937. The number of carbonyl (C=O) groups excluding carboxylic acids is 2. The molecule has 1 atom stereocenters. The average molecular weight is 360 g/mol. The molecule has 1 aliphatic heterocycles. The number of carbonyl (C=O) groups is 2. The number of nitro benzene ring substituents is 1. The van der Waals surface area contributed by atoms with Gasteiger partial charge in [-0.3, -0.25) is 19.7 Å². The fraction of sp³-hybridized carbons (Fsp3) is 0.176. The number of nitro groups is 1. The van der Waals surface area contributed by atoms with Crippen LogP contribution in [0.2, 0.25) is 5.02 Å². The molecule has 1 unspecified atom stereocenters. The van der Waals surface area contributed by atoms with E-state index in [4.69, 9.17) is 11.6 Å². The van der Waals surface area contributed by atoms with Crippen molar-refractivity contribution in [3.05, 3.63) is 63.7 Å². The molecule has 1 saturated heterocycles. The average Bonchev–Trinajstić information content (AvgIpc) is 2.99. The minimum Gasteiger partial charge on any atom is -0.326 e. The maximum atomic E-state index is 12.4.